The maximum atomic E-state index is 12.4. The number of carbonyl (C=O) groups excluding carboxylic acids is 2. The number of carbonyl (C=O) groups is 3. The molecule has 32 heavy (non-hydrogen) atoms. The van der Waals surface area contributed by atoms with Crippen LogP contribution in [-0.2, 0) is 16.0 Å². The first kappa shape index (κ1) is 24.5. The van der Waals surface area contributed by atoms with Gasteiger partial charge in [0.15, 0.2) is 6.19 Å². The van der Waals surface area contributed by atoms with Gasteiger partial charge in [0.05, 0.1) is 22.9 Å². The van der Waals surface area contributed by atoms with Gasteiger partial charge in [0, 0.05) is 17.0 Å². The molecular weight excluding hydrogens is 459 g/mol. The number of halogens is 2. The van der Waals surface area contributed by atoms with Gasteiger partial charge in [-0.1, -0.05) is 29.3 Å². The van der Waals surface area contributed by atoms with Crippen molar-refractivity contribution in [2.45, 2.75) is 12.8 Å². The Balaban J connectivity index is 2.05. The number of anilines is 1. The van der Waals surface area contributed by atoms with Crippen molar-refractivity contribution in [2.75, 3.05) is 11.9 Å². The molecule has 2 aromatic rings. The van der Waals surface area contributed by atoms with E-state index in [1.165, 1.54) is 24.3 Å². The second-order valence-electron chi connectivity index (χ2n) is 6.33. The molecule has 166 valence electrons. The van der Waals surface area contributed by atoms with Crippen LogP contribution in [0.2, 0.25) is 10.0 Å². The number of aryl methyl sites for hydroxylation is 1. The number of carboxylic acid groups (broad SMARTS) is 1. The second-order valence-corrected chi connectivity index (χ2v) is 7.17. The summed E-state index contributed by atoms with van der Waals surface area (Å²) in [5, 5.41) is 25.1. The van der Waals surface area contributed by atoms with Crippen LogP contribution in [0.3, 0.4) is 0 Å². The van der Waals surface area contributed by atoms with Crippen LogP contribution < -0.4 is 21.7 Å². The Kier molecular flexibility index (Phi) is 8.83. The predicted molar refractivity (Wildman–Crippen MR) is 120 cm³/mol. The predicted octanol–water partition coefficient (Wildman–Crippen LogP) is 2.40. The Labute approximate surface area is 193 Å². The zero-order valence-electron chi connectivity index (χ0n) is 16.5. The summed E-state index contributed by atoms with van der Waals surface area (Å²) in [5.74, 6) is -2.27. The summed E-state index contributed by atoms with van der Waals surface area (Å²) in [6, 6.07) is 9.02. The molecule has 0 atom stereocenters. The number of carboxylic acids is 1. The Morgan fingerprint density at radius 1 is 1.19 bits per heavy atom. The number of nitriles is 1. The standard InChI is InChI=1S/C20H18Cl2N6O4/c21-13-6-11(4-5-17(30)31)18(15(22)8-13)28-16(29)9-25-19(32)12-2-1-3-14(7-12)27-20(24)26-10-23/h1-3,6-8H,4-5,9H2,(H,25,32)(H,28,29)(H,30,31)(H3,24,26,27). The normalized spacial score (nSPS) is 10.7. The van der Waals surface area contributed by atoms with Crippen molar-refractivity contribution in [2.24, 2.45) is 10.7 Å². The summed E-state index contributed by atoms with van der Waals surface area (Å²) < 4.78 is 0. The van der Waals surface area contributed by atoms with E-state index in [9.17, 15) is 14.4 Å². The number of rotatable bonds is 8. The molecule has 0 saturated carbocycles. The Bertz CT molecular complexity index is 1110. The van der Waals surface area contributed by atoms with Crippen molar-refractivity contribution in [3.05, 3.63) is 57.6 Å². The molecule has 0 bridgehead atoms. The number of aliphatic carboxylic acids is 1. The first-order valence-electron chi connectivity index (χ1n) is 9.06. The highest BCUT2D eigenvalue weighted by Crippen LogP contribution is 2.31. The molecule has 0 aliphatic heterocycles. The number of nitrogens with two attached hydrogens (primary N) is 1. The highest BCUT2D eigenvalue weighted by Gasteiger charge is 2.15. The van der Waals surface area contributed by atoms with Gasteiger partial charge in [-0.05, 0) is 42.3 Å². The van der Waals surface area contributed by atoms with Crippen LogP contribution in [0, 0.1) is 11.5 Å². The second kappa shape index (κ2) is 11.5. The highest BCUT2D eigenvalue weighted by molar-refractivity contribution is 6.37. The van der Waals surface area contributed by atoms with E-state index in [0.29, 0.717) is 16.3 Å². The molecule has 0 saturated heterocycles. The average Bonchev–Trinajstić information content (AvgIpc) is 2.72. The lowest BCUT2D eigenvalue weighted by Gasteiger charge is -2.14. The van der Waals surface area contributed by atoms with Crippen LogP contribution in [0.15, 0.2) is 41.4 Å². The van der Waals surface area contributed by atoms with Crippen molar-refractivity contribution in [3.63, 3.8) is 0 Å². The fraction of sp³-hybridized carbons (Fsp3) is 0.150. The fourth-order valence-corrected chi connectivity index (χ4v) is 3.18. The zero-order valence-corrected chi connectivity index (χ0v) is 18.0. The summed E-state index contributed by atoms with van der Waals surface area (Å²) in [6.45, 7) is -0.373. The van der Waals surface area contributed by atoms with E-state index in [-0.39, 0.29) is 41.6 Å². The minimum atomic E-state index is -1.01. The third-order valence-electron chi connectivity index (χ3n) is 3.96. The Morgan fingerprint density at radius 3 is 2.62 bits per heavy atom. The van der Waals surface area contributed by atoms with Gasteiger partial charge in [-0.3, -0.25) is 19.7 Å². The van der Waals surface area contributed by atoms with E-state index in [0.717, 1.165) is 0 Å². The molecular formula is C20H18Cl2N6O4. The number of amides is 2. The molecule has 0 fully saturated rings. The summed E-state index contributed by atoms with van der Waals surface area (Å²) >= 11 is 12.1. The van der Waals surface area contributed by atoms with Crippen LogP contribution in [0.1, 0.15) is 22.3 Å². The molecule has 0 heterocycles. The lowest BCUT2D eigenvalue weighted by atomic mass is 10.1. The van der Waals surface area contributed by atoms with Crippen LogP contribution in [0.25, 0.3) is 0 Å². The van der Waals surface area contributed by atoms with Crippen LogP contribution in [0.4, 0.5) is 11.4 Å². The Hall–Kier alpha value is -3.81. The van der Waals surface area contributed by atoms with Gasteiger partial charge < -0.3 is 21.5 Å². The van der Waals surface area contributed by atoms with Gasteiger partial charge in [-0.25, -0.2) is 4.99 Å². The third-order valence-corrected chi connectivity index (χ3v) is 4.48. The van der Waals surface area contributed by atoms with Crippen molar-refractivity contribution in [1.82, 2.24) is 10.6 Å². The molecule has 12 heteroatoms. The van der Waals surface area contributed by atoms with Gasteiger partial charge >= 0.3 is 5.97 Å². The topological polar surface area (TPSA) is 170 Å². The molecule has 2 amide bonds. The fourth-order valence-electron chi connectivity index (χ4n) is 2.59. The quantitative estimate of drug-likeness (QED) is 0.168. The zero-order chi connectivity index (χ0) is 23.7. The minimum absolute atomic E-state index is 0.106. The maximum Gasteiger partial charge on any atom is 0.303 e. The van der Waals surface area contributed by atoms with Gasteiger partial charge in [0.2, 0.25) is 11.9 Å². The molecule has 2 aromatic carbocycles. The summed E-state index contributed by atoms with van der Waals surface area (Å²) in [6.07, 6.45) is 1.56. The minimum Gasteiger partial charge on any atom is -0.481 e. The number of hydrogen-bond acceptors (Lipinski definition) is 5. The average molecular weight is 477 g/mol. The molecule has 0 aliphatic carbocycles. The Morgan fingerprint density at radius 2 is 1.94 bits per heavy atom. The summed E-state index contributed by atoms with van der Waals surface area (Å²) in [4.78, 5) is 39.5. The molecule has 2 rings (SSSR count). The van der Waals surface area contributed by atoms with Crippen molar-refractivity contribution >= 4 is 58.3 Å². The number of nitrogens with zero attached hydrogens (tertiary/aromatic N) is 2. The van der Waals surface area contributed by atoms with Crippen LogP contribution in [-0.4, -0.2) is 35.4 Å². The summed E-state index contributed by atoms with van der Waals surface area (Å²) in [7, 11) is 0. The molecule has 6 N–H and O–H groups in total. The van der Waals surface area contributed by atoms with Gasteiger partial charge in [0.25, 0.3) is 5.91 Å². The van der Waals surface area contributed by atoms with Crippen molar-refractivity contribution in [1.29, 1.82) is 5.26 Å². The largest absolute Gasteiger partial charge is 0.481 e. The number of benzene rings is 2. The smallest absolute Gasteiger partial charge is 0.303 e. The monoisotopic (exact) mass is 476 g/mol. The van der Waals surface area contributed by atoms with E-state index in [1.807, 2.05) is 0 Å². The van der Waals surface area contributed by atoms with Crippen molar-refractivity contribution in [3.8, 4) is 6.19 Å². The molecule has 10 nitrogen and oxygen atoms in total. The van der Waals surface area contributed by atoms with E-state index in [2.05, 4.69) is 20.9 Å². The van der Waals surface area contributed by atoms with Crippen LogP contribution >= 0.6 is 23.2 Å². The van der Waals surface area contributed by atoms with E-state index >= 15 is 0 Å². The molecule has 0 radical (unpaired) electrons. The van der Waals surface area contributed by atoms with E-state index in [4.69, 9.17) is 39.3 Å². The van der Waals surface area contributed by atoms with E-state index < -0.39 is 17.8 Å². The number of aliphatic imine (C=N–C) groups is 1. The molecule has 0 aliphatic rings. The first-order chi connectivity index (χ1) is 15.2. The van der Waals surface area contributed by atoms with Gasteiger partial charge in [-0.15, -0.1) is 0 Å². The van der Waals surface area contributed by atoms with E-state index in [1.54, 1.807) is 18.3 Å². The van der Waals surface area contributed by atoms with Gasteiger partial charge in [0.1, 0.15) is 0 Å². The molecule has 0 aromatic heterocycles. The third kappa shape index (κ3) is 7.46. The number of guanidine groups is 1. The summed E-state index contributed by atoms with van der Waals surface area (Å²) in [5.41, 5.74) is 6.73. The number of hydrogen-bond donors (Lipinski definition) is 5. The molecule has 0 unspecified atom stereocenters. The van der Waals surface area contributed by atoms with Gasteiger partial charge in [-0.2, -0.15) is 5.26 Å². The first-order valence-corrected chi connectivity index (χ1v) is 9.82. The van der Waals surface area contributed by atoms with Crippen molar-refractivity contribution < 1.29 is 19.5 Å². The maximum absolute atomic E-state index is 12.4. The highest BCUT2D eigenvalue weighted by atomic mass is 35.5. The number of nitrogens with one attached hydrogen (secondary N) is 3. The molecule has 0 spiro atoms. The lowest BCUT2D eigenvalue weighted by Crippen LogP contribution is -2.33. The van der Waals surface area contributed by atoms with Crippen LogP contribution in [0.5, 0.6) is 0 Å². The SMILES string of the molecule is N#CNC(N)=Nc1cccc(C(=O)NCC(=O)Nc2c(Cl)cc(Cl)cc2CCC(=O)O)c1. The lowest BCUT2D eigenvalue weighted by molar-refractivity contribution is -0.137.